The van der Waals surface area contributed by atoms with Crippen LogP contribution in [0.4, 0.5) is 0 Å². The van der Waals surface area contributed by atoms with Crippen molar-refractivity contribution < 1.29 is 0 Å². The van der Waals surface area contributed by atoms with Crippen molar-refractivity contribution in [3.8, 4) is 0 Å². The fourth-order valence-electron chi connectivity index (χ4n) is 4.00. The molecule has 0 atom stereocenters. The van der Waals surface area contributed by atoms with E-state index in [1.165, 1.54) is 16.5 Å². The Morgan fingerprint density at radius 3 is 1.43 bits per heavy atom. The molecule has 1 aliphatic carbocycles. The number of hydrogen-bond acceptors (Lipinski definition) is 0. The second-order valence-corrected chi connectivity index (χ2v) is 22.6. The van der Waals surface area contributed by atoms with Crippen LogP contribution in [0.5, 0.6) is 0 Å². The Bertz CT molecular complexity index is 162. The third kappa shape index (κ3) is 3.18. The van der Waals surface area contributed by atoms with E-state index in [1.807, 2.05) is 0 Å². The Hall–Kier alpha value is 0.870. The van der Waals surface area contributed by atoms with Crippen molar-refractivity contribution in [2.45, 2.75) is 77.2 Å². The third-order valence-corrected chi connectivity index (χ3v) is 19.0. The first kappa shape index (κ1) is 12.9. The zero-order valence-electron chi connectivity index (χ0n) is 11.0. The average Bonchev–Trinajstić information content (AvgIpc) is 2.31. The molecule has 0 radical (unpaired) electrons. The summed E-state index contributed by atoms with van der Waals surface area (Å²) < 4.78 is 2.54. The molecule has 0 aromatic rings. The van der Waals surface area contributed by atoms with Crippen molar-refractivity contribution >= 4 is 21.4 Å². The van der Waals surface area contributed by atoms with E-state index in [0.717, 1.165) is 0 Å². The summed E-state index contributed by atoms with van der Waals surface area (Å²) in [6.07, 6.45) is 6.17. The zero-order valence-corrected chi connectivity index (χ0v) is 14.3. The van der Waals surface area contributed by atoms with E-state index in [0.29, 0.717) is 6.34 Å². The summed E-state index contributed by atoms with van der Waals surface area (Å²) in [5, 5.41) is 0. The van der Waals surface area contributed by atoms with Gasteiger partial charge in [-0.05, 0) is 0 Å². The topological polar surface area (TPSA) is 0 Å². The fraction of sp³-hybridized carbons (Fsp3) is 1.00. The fourth-order valence-corrected chi connectivity index (χ4v) is 22.7. The van der Waals surface area contributed by atoms with Gasteiger partial charge in [0.25, 0.3) is 0 Å². The van der Waals surface area contributed by atoms with Crippen molar-refractivity contribution in [3.63, 3.8) is 0 Å². The van der Waals surface area contributed by atoms with Crippen LogP contribution in [-0.2, 0) is 0 Å². The third-order valence-electron chi connectivity index (χ3n) is 3.74. The predicted octanol–water partition coefficient (Wildman–Crippen LogP) is 5.03. The Labute approximate surface area is 98.4 Å². The summed E-state index contributed by atoms with van der Waals surface area (Å²) in [4.78, 5) is 0. The molecule has 1 aliphatic rings. The molecule has 82 valence electrons. The molecule has 0 heterocycles. The summed E-state index contributed by atoms with van der Waals surface area (Å²) in [7, 11) is 0. The molecular formula is C13H27In. The SMILES string of the molecule is C[C](C)(C)[In]([CH]1CCCC1)[C](C)(C)C. The van der Waals surface area contributed by atoms with Gasteiger partial charge in [-0.25, -0.2) is 0 Å². The van der Waals surface area contributed by atoms with Gasteiger partial charge < -0.3 is 0 Å². The van der Waals surface area contributed by atoms with E-state index >= 15 is 0 Å². The summed E-state index contributed by atoms with van der Waals surface area (Å²) in [5.74, 6) is 0. The van der Waals surface area contributed by atoms with E-state index in [2.05, 4.69) is 41.5 Å². The number of hydrogen-bond donors (Lipinski definition) is 0. The molecular weight excluding hydrogens is 271 g/mol. The molecule has 1 saturated carbocycles. The second-order valence-electron chi connectivity index (χ2n) is 7.25. The first-order valence-corrected chi connectivity index (χ1v) is 11.4. The Morgan fingerprint density at radius 1 is 0.786 bits per heavy atom. The van der Waals surface area contributed by atoms with Gasteiger partial charge in [-0.1, -0.05) is 0 Å². The average molecular weight is 298 g/mol. The Morgan fingerprint density at radius 2 is 1.14 bits per heavy atom. The van der Waals surface area contributed by atoms with Crippen LogP contribution in [0.3, 0.4) is 0 Å². The van der Waals surface area contributed by atoms with E-state index < -0.39 is 21.4 Å². The van der Waals surface area contributed by atoms with Gasteiger partial charge in [0.15, 0.2) is 0 Å². The first-order valence-electron chi connectivity index (χ1n) is 6.23. The minimum absolute atomic E-state index is 0.676. The summed E-state index contributed by atoms with van der Waals surface area (Å²) in [5.41, 5.74) is 0. The van der Waals surface area contributed by atoms with E-state index in [1.54, 1.807) is 12.8 Å². The van der Waals surface area contributed by atoms with Crippen LogP contribution >= 0.6 is 0 Å². The Kier molecular flexibility index (Phi) is 4.06. The molecule has 0 spiro atoms. The van der Waals surface area contributed by atoms with E-state index in [9.17, 15) is 0 Å². The molecule has 0 nitrogen and oxygen atoms in total. The zero-order chi connectivity index (χ0) is 11.0. The molecule has 0 amide bonds. The molecule has 1 fully saturated rings. The van der Waals surface area contributed by atoms with Gasteiger partial charge in [-0.3, -0.25) is 0 Å². The molecule has 0 saturated heterocycles. The van der Waals surface area contributed by atoms with E-state index in [-0.39, 0.29) is 0 Å². The summed E-state index contributed by atoms with van der Waals surface area (Å²) in [6.45, 7) is 15.1. The van der Waals surface area contributed by atoms with Crippen LogP contribution in [0.25, 0.3) is 0 Å². The Balaban J connectivity index is 2.82. The van der Waals surface area contributed by atoms with Crippen LogP contribution in [0, 0.1) is 0 Å². The molecule has 1 heteroatoms. The summed E-state index contributed by atoms with van der Waals surface area (Å²) >= 11 is -1.45. The van der Waals surface area contributed by atoms with Crippen LogP contribution in [0.1, 0.15) is 67.2 Å². The van der Waals surface area contributed by atoms with Crippen LogP contribution in [0.15, 0.2) is 0 Å². The van der Waals surface area contributed by atoms with Crippen molar-refractivity contribution in [1.29, 1.82) is 0 Å². The first-order chi connectivity index (χ1) is 6.23. The normalized spacial score (nSPS) is 20.1. The van der Waals surface area contributed by atoms with Gasteiger partial charge in [0.1, 0.15) is 0 Å². The number of rotatable bonds is 1. The molecule has 0 bridgehead atoms. The predicted molar refractivity (Wildman–Crippen MR) is 67.4 cm³/mol. The molecule has 14 heavy (non-hydrogen) atoms. The minimum atomic E-state index is -1.45. The van der Waals surface area contributed by atoms with Crippen molar-refractivity contribution in [2.24, 2.45) is 0 Å². The van der Waals surface area contributed by atoms with E-state index in [4.69, 9.17) is 0 Å². The second kappa shape index (κ2) is 4.39. The molecule has 1 rings (SSSR count). The van der Waals surface area contributed by atoms with Crippen molar-refractivity contribution in [2.75, 3.05) is 0 Å². The van der Waals surface area contributed by atoms with Crippen molar-refractivity contribution in [3.05, 3.63) is 0 Å². The quantitative estimate of drug-likeness (QED) is 0.637. The van der Waals surface area contributed by atoms with Crippen LogP contribution in [0.2, 0.25) is 10.0 Å². The molecule has 0 aromatic heterocycles. The van der Waals surface area contributed by atoms with Crippen molar-refractivity contribution in [1.82, 2.24) is 0 Å². The molecule has 0 aliphatic heterocycles. The monoisotopic (exact) mass is 298 g/mol. The van der Waals surface area contributed by atoms with Gasteiger partial charge in [-0.2, -0.15) is 0 Å². The van der Waals surface area contributed by atoms with Gasteiger partial charge in [-0.15, -0.1) is 0 Å². The molecule has 0 unspecified atom stereocenters. The van der Waals surface area contributed by atoms with Crippen LogP contribution < -0.4 is 0 Å². The summed E-state index contributed by atoms with van der Waals surface area (Å²) in [6, 6.07) is 0. The van der Waals surface area contributed by atoms with Crippen LogP contribution in [-0.4, -0.2) is 21.4 Å². The standard InChI is InChI=1S/C5H9.2C4H9.In/c1-2-4-5-3-1;2*1-4(2)3;/h1H,2-5H2;2*1-3H3;. The molecule has 0 N–H and O–H groups in total. The molecule has 0 aromatic carbocycles. The maximum atomic E-state index is 2.51. The van der Waals surface area contributed by atoms with Gasteiger partial charge in [0, 0.05) is 0 Å². The van der Waals surface area contributed by atoms with Gasteiger partial charge >= 0.3 is 98.7 Å². The van der Waals surface area contributed by atoms with Gasteiger partial charge in [0.2, 0.25) is 0 Å². The maximum absolute atomic E-state index is 2.51. The van der Waals surface area contributed by atoms with Gasteiger partial charge in [0.05, 0.1) is 0 Å².